The molecule has 98 valence electrons. The molecule has 0 aliphatic carbocycles. The van der Waals surface area contributed by atoms with Gasteiger partial charge in [-0.3, -0.25) is 0 Å². The molecule has 0 heterocycles. The number of hydrogen-bond acceptors (Lipinski definition) is 3. The number of nitrogens with one attached hydrogen (secondary N) is 2. The van der Waals surface area contributed by atoms with E-state index in [1.54, 1.807) is 24.3 Å². The highest BCUT2D eigenvalue weighted by molar-refractivity contribution is 6.30. The molecule has 0 aliphatic rings. The summed E-state index contributed by atoms with van der Waals surface area (Å²) in [4.78, 5) is 21.9. The number of hydrogen-bond donors (Lipinski definition) is 4. The van der Waals surface area contributed by atoms with E-state index >= 15 is 0 Å². The molecule has 0 spiro atoms. The maximum absolute atomic E-state index is 11.3. The minimum atomic E-state index is -1.32. The number of aliphatic hydroxyl groups is 1. The zero-order valence-electron chi connectivity index (χ0n) is 9.39. The van der Waals surface area contributed by atoms with Crippen LogP contribution in [0.2, 0.25) is 5.02 Å². The van der Waals surface area contributed by atoms with Crippen molar-refractivity contribution in [3.8, 4) is 0 Å². The van der Waals surface area contributed by atoms with E-state index in [0.29, 0.717) is 5.02 Å². The molecule has 4 N–H and O–H groups in total. The molecule has 0 aromatic heterocycles. The molecule has 0 radical (unpaired) electrons. The second kappa shape index (κ2) is 6.83. The first kappa shape index (κ1) is 14.3. The van der Waals surface area contributed by atoms with Gasteiger partial charge in [-0.2, -0.15) is 0 Å². The van der Waals surface area contributed by atoms with Crippen molar-refractivity contribution in [1.82, 2.24) is 10.6 Å². The maximum atomic E-state index is 11.3. The van der Waals surface area contributed by atoms with Crippen molar-refractivity contribution >= 4 is 23.6 Å². The lowest BCUT2D eigenvalue weighted by molar-refractivity contribution is -0.140. The van der Waals surface area contributed by atoms with Crippen molar-refractivity contribution in [1.29, 1.82) is 0 Å². The Labute approximate surface area is 109 Å². The molecule has 0 aliphatic heterocycles. The van der Waals surface area contributed by atoms with Gasteiger partial charge in [0.05, 0.1) is 6.61 Å². The van der Waals surface area contributed by atoms with Crippen molar-refractivity contribution in [2.75, 3.05) is 6.61 Å². The summed E-state index contributed by atoms with van der Waals surface area (Å²) in [6.07, 6.45) is 0. The fourth-order valence-electron chi connectivity index (χ4n) is 1.22. The Balaban J connectivity index is 2.44. The Kier molecular flexibility index (Phi) is 5.41. The smallest absolute Gasteiger partial charge is 0.328 e. The van der Waals surface area contributed by atoms with Gasteiger partial charge in [-0.25, -0.2) is 9.59 Å². The quantitative estimate of drug-likeness (QED) is 0.630. The Morgan fingerprint density at radius 3 is 2.67 bits per heavy atom. The molecule has 0 unspecified atom stereocenters. The van der Waals surface area contributed by atoms with Gasteiger partial charge in [0.2, 0.25) is 0 Å². The van der Waals surface area contributed by atoms with E-state index in [2.05, 4.69) is 10.6 Å². The summed E-state index contributed by atoms with van der Waals surface area (Å²) < 4.78 is 0. The molecular formula is C11H13ClN2O4. The normalized spacial score (nSPS) is 11.7. The van der Waals surface area contributed by atoms with Crippen LogP contribution in [0.3, 0.4) is 0 Å². The topological polar surface area (TPSA) is 98.7 Å². The lowest BCUT2D eigenvalue weighted by Gasteiger charge is -2.12. The summed E-state index contributed by atoms with van der Waals surface area (Å²) in [6, 6.07) is 4.92. The number of carboxylic acid groups (broad SMARTS) is 1. The number of urea groups is 1. The first-order valence-electron chi connectivity index (χ1n) is 5.15. The molecule has 18 heavy (non-hydrogen) atoms. The maximum Gasteiger partial charge on any atom is 0.328 e. The number of aliphatic hydroxyl groups excluding tert-OH is 1. The second-order valence-electron chi connectivity index (χ2n) is 3.53. The van der Waals surface area contributed by atoms with Crippen molar-refractivity contribution in [2.24, 2.45) is 0 Å². The largest absolute Gasteiger partial charge is 0.480 e. The van der Waals surface area contributed by atoms with Crippen LogP contribution < -0.4 is 10.6 Å². The Bertz CT molecular complexity index is 439. The zero-order valence-corrected chi connectivity index (χ0v) is 10.1. The fraction of sp³-hybridized carbons (Fsp3) is 0.273. The van der Waals surface area contributed by atoms with Crippen LogP contribution in [0.5, 0.6) is 0 Å². The number of carbonyl (C=O) groups is 2. The average Bonchev–Trinajstić information content (AvgIpc) is 2.33. The zero-order chi connectivity index (χ0) is 13.5. The van der Waals surface area contributed by atoms with Crippen LogP contribution in [-0.2, 0) is 11.3 Å². The van der Waals surface area contributed by atoms with Crippen LogP contribution in [0.25, 0.3) is 0 Å². The van der Waals surface area contributed by atoms with Gasteiger partial charge in [-0.15, -0.1) is 0 Å². The second-order valence-corrected chi connectivity index (χ2v) is 3.97. The van der Waals surface area contributed by atoms with Crippen LogP contribution in [0.4, 0.5) is 4.79 Å². The number of carbonyl (C=O) groups excluding carboxylic acids is 1. The van der Waals surface area contributed by atoms with Gasteiger partial charge < -0.3 is 20.8 Å². The Morgan fingerprint density at radius 2 is 2.11 bits per heavy atom. The third-order valence-electron chi connectivity index (χ3n) is 2.13. The van der Waals surface area contributed by atoms with Gasteiger partial charge in [-0.05, 0) is 17.7 Å². The van der Waals surface area contributed by atoms with E-state index in [-0.39, 0.29) is 6.54 Å². The highest BCUT2D eigenvalue weighted by Crippen LogP contribution is 2.10. The van der Waals surface area contributed by atoms with Crippen LogP contribution >= 0.6 is 11.6 Å². The SMILES string of the molecule is O=C(NCc1cccc(Cl)c1)N[C@@H](CO)C(=O)O. The summed E-state index contributed by atoms with van der Waals surface area (Å²) in [6.45, 7) is -0.454. The van der Waals surface area contributed by atoms with Crippen LogP contribution in [0, 0.1) is 0 Å². The van der Waals surface area contributed by atoms with Gasteiger partial charge in [0.1, 0.15) is 0 Å². The van der Waals surface area contributed by atoms with Gasteiger partial charge in [0, 0.05) is 11.6 Å². The molecule has 1 aromatic rings. The number of amides is 2. The van der Waals surface area contributed by atoms with Crippen LogP contribution in [-0.4, -0.2) is 34.9 Å². The third-order valence-corrected chi connectivity index (χ3v) is 2.36. The first-order chi connectivity index (χ1) is 8.52. The van der Waals surface area contributed by atoms with Gasteiger partial charge >= 0.3 is 12.0 Å². The third kappa shape index (κ3) is 4.60. The van der Waals surface area contributed by atoms with E-state index < -0.39 is 24.6 Å². The number of carboxylic acids is 1. The lowest BCUT2D eigenvalue weighted by Crippen LogP contribution is -2.47. The summed E-state index contributed by atoms with van der Waals surface area (Å²) in [7, 11) is 0. The molecule has 7 heteroatoms. The summed E-state index contributed by atoms with van der Waals surface area (Å²) >= 11 is 5.77. The van der Waals surface area contributed by atoms with E-state index in [0.717, 1.165) is 5.56 Å². The van der Waals surface area contributed by atoms with E-state index in [4.69, 9.17) is 21.8 Å². The van der Waals surface area contributed by atoms with Crippen molar-refractivity contribution in [3.63, 3.8) is 0 Å². The predicted octanol–water partition coefficient (Wildman–Crippen LogP) is 0.585. The van der Waals surface area contributed by atoms with Crippen LogP contribution in [0.1, 0.15) is 5.56 Å². The number of halogens is 1. The molecule has 1 aromatic carbocycles. The molecule has 0 saturated carbocycles. The molecule has 0 bridgehead atoms. The monoisotopic (exact) mass is 272 g/mol. The minimum absolute atomic E-state index is 0.212. The molecule has 0 fully saturated rings. The molecule has 2 amide bonds. The average molecular weight is 273 g/mol. The number of aliphatic carboxylic acids is 1. The van der Waals surface area contributed by atoms with Crippen LogP contribution in [0.15, 0.2) is 24.3 Å². The first-order valence-corrected chi connectivity index (χ1v) is 5.53. The Hall–Kier alpha value is -1.79. The summed E-state index contributed by atoms with van der Waals surface area (Å²) in [5.41, 5.74) is 0.786. The van der Waals surface area contributed by atoms with E-state index in [1.165, 1.54) is 0 Å². The van der Waals surface area contributed by atoms with Gasteiger partial charge in [0.15, 0.2) is 6.04 Å². The van der Waals surface area contributed by atoms with E-state index in [1.807, 2.05) is 0 Å². The number of benzene rings is 1. The molecular weight excluding hydrogens is 260 g/mol. The summed E-state index contributed by atoms with van der Waals surface area (Å²) in [5.74, 6) is -1.30. The van der Waals surface area contributed by atoms with E-state index in [9.17, 15) is 9.59 Å². The molecule has 6 nitrogen and oxygen atoms in total. The predicted molar refractivity (Wildman–Crippen MR) is 65.3 cm³/mol. The highest BCUT2D eigenvalue weighted by Gasteiger charge is 2.18. The summed E-state index contributed by atoms with van der Waals surface area (Å²) in [5, 5.41) is 22.5. The lowest BCUT2D eigenvalue weighted by atomic mass is 10.2. The number of rotatable bonds is 5. The molecule has 1 rings (SSSR count). The van der Waals surface area contributed by atoms with Crippen molar-refractivity contribution in [3.05, 3.63) is 34.9 Å². The molecule has 1 atom stereocenters. The van der Waals surface area contributed by atoms with Gasteiger partial charge in [0.25, 0.3) is 0 Å². The minimum Gasteiger partial charge on any atom is -0.480 e. The van der Waals surface area contributed by atoms with Crippen molar-refractivity contribution in [2.45, 2.75) is 12.6 Å². The Morgan fingerprint density at radius 1 is 1.39 bits per heavy atom. The van der Waals surface area contributed by atoms with Gasteiger partial charge in [-0.1, -0.05) is 23.7 Å². The highest BCUT2D eigenvalue weighted by atomic mass is 35.5. The molecule has 0 saturated heterocycles. The standard InChI is InChI=1S/C11H13ClN2O4/c12-8-3-1-2-7(4-8)5-13-11(18)14-9(6-15)10(16)17/h1-4,9,15H,5-6H2,(H,16,17)(H2,13,14,18)/t9-/m0/s1. The fourth-order valence-corrected chi connectivity index (χ4v) is 1.44. The van der Waals surface area contributed by atoms with Crippen molar-refractivity contribution < 1.29 is 19.8 Å².